The molecule has 0 fully saturated rings. The number of ether oxygens (including phenoxy) is 1. The van der Waals surface area contributed by atoms with E-state index in [1.54, 1.807) is 6.92 Å². The summed E-state index contributed by atoms with van der Waals surface area (Å²) >= 11 is 1.01. The van der Waals surface area contributed by atoms with Crippen molar-refractivity contribution in [3.05, 3.63) is 46.6 Å². The summed E-state index contributed by atoms with van der Waals surface area (Å²) in [4.78, 5) is 11.6. The van der Waals surface area contributed by atoms with Gasteiger partial charge in [0.2, 0.25) is 0 Å². The first-order chi connectivity index (χ1) is 12.4. The summed E-state index contributed by atoms with van der Waals surface area (Å²) in [5.74, 6) is -2.88. The number of hydrogen-bond acceptors (Lipinski definition) is 5. The van der Waals surface area contributed by atoms with Crippen molar-refractivity contribution in [1.82, 2.24) is 0 Å². The van der Waals surface area contributed by atoms with Crippen LogP contribution in [0.3, 0.4) is 0 Å². The normalized spacial score (nSPS) is 17.9. The fourth-order valence-electron chi connectivity index (χ4n) is 2.35. The van der Waals surface area contributed by atoms with Gasteiger partial charge in [-0.25, -0.2) is 13.2 Å². The van der Waals surface area contributed by atoms with Crippen LogP contribution in [-0.2, 0) is 19.4 Å². The van der Waals surface area contributed by atoms with E-state index in [1.807, 2.05) is 0 Å². The van der Waals surface area contributed by atoms with Gasteiger partial charge in [0.25, 0.3) is 0 Å². The second-order valence-corrected chi connectivity index (χ2v) is 9.14. The van der Waals surface area contributed by atoms with Gasteiger partial charge in [0, 0.05) is 16.1 Å². The van der Waals surface area contributed by atoms with Crippen molar-refractivity contribution in [2.24, 2.45) is 5.92 Å². The lowest BCUT2D eigenvalue weighted by molar-refractivity contribution is -0.161. The van der Waals surface area contributed by atoms with Crippen LogP contribution < -0.4 is 0 Å². The first-order valence-electron chi connectivity index (χ1n) is 7.69. The van der Waals surface area contributed by atoms with Crippen LogP contribution in [0, 0.1) is 12.8 Å². The van der Waals surface area contributed by atoms with Gasteiger partial charge in [0.1, 0.15) is 5.76 Å². The summed E-state index contributed by atoms with van der Waals surface area (Å²) in [6, 6.07) is 4.33. The van der Waals surface area contributed by atoms with Crippen LogP contribution in [0.25, 0.3) is 0 Å². The Labute approximate surface area is 158 Å². The van der Waals surface area contributed by atoms with Gasteiger partial charge in [-0.05, 0) is 43.2 Å². The fourth-order valence-corrected chi connectivity index (χ4v) is 4.17. The molecule has 2 rings (SSSR count). The van der Waals surface area contributed by atoms with Crippen LogP contribution in [-0.4, -0.2) is 38.5 Å². The highest BCUT2D eigenvalue weighted by atomic mass is 32.2. The summed E-state index contributed by atoms with van der Waals surface area (Å²) in [5.41, 5.74) is 0.575. The molecule has 10 heteroatoms. The van der Waals surface area contributed by atoms with Gasteiger partial charge in [0.05, 0.1) is 10.8 Å². The maximum atomic E-state index is 13.1. The fraction of sp³-hybridized carbons (Fsp3) is 0.353. The molecule has 0 aliphatic heterocycles. The molecule has 0 saturated heterocycles. The monoisotopic (exact) mass is 422 g/mol. The molecular formula is C17H17F3O5S2. The standard InChI is InChI=1S/C17H17F3O5S2/c1-10-7-12(27(2,23)24)4-6-14(10)26-15-8-11(17(18,19)20)3-5-13(15)25-9-16(21)22/h3-7,11H,8-9H2,1-2H3,(H,21,22). The Balaban J connectivity index is 2.35. The lowest BCUT2D eigenvalue weighted by atomic mass is 9.99. The molecule has 0 amide bonds. The Morgan fingerprint density at radius 2 is 2.04 bits per heavy atom. The van der Waals surface area contributed by atoms with Crippen molar-refractivity contribution < 1.29 is 36.2 Å². The first kappa shape index (κ1) is 21.4. The number of rotatable bonds is 6. The minimum absolute atomic E-state index is 0.0643. The molecule has 1 N–H and O–H groups in total. The van der Waals surface area contributed by atoms with E-state index in [-0.39, 0.29) is 22.0 Å². The molecule has 1 unspecified atom stereocenters. The maximum absolute atomic E-state index is 13.1. The number of aliphatic carboxylic acids is 1. The van der Waals surface area contributed by atoms with Crippen LogP contribution in [0.15, 0.2) is 50.8 Å². The highest BCUT2D eigenvalue weighted by Gasteiger charge is 2.40. The number of carboxylic acid groups (broad SMARTS) is 1. The average molecular weight is 422 g/mol. The Bertz CT molecular complexity index is 902. The number of benzene rings is 1. The predicted molar refractivity (Wildman–Crippen MR) is 94.1 cm³/mol. The van der Waals surface area contributed by atoms with Crippen LogP contribution in [0.4, 0.5) is 13.2 Å². The summed E-state index contributed by atoms with van der Waals surface area (Å²) in [6.07, 6.45) is -1.68. The molecule has 0 radical (unpaired) electrons. The summed E-state index contributed by atoms with van der Waals surface area (Å²) in [7, 11) is -3.40. The lowest BCUT2D eigenvalue weighted by Gasteiger charge is -2.24. The Morgan fingerprint density at radius 3 is 2.56 bits per heavy atom. The topological polar surface area (TPSA) is 80.7 Å². The first-order valence-corrected chi connectivity index (χ1v) is 10.4. The molecular weight excluding hydrogens is 405 g/mol. The Hall–Kier alpha value is -1.94. The van der Waals surface area contributed by atoms with Gasteiger partial charge in [-0.1, -0.05) is 17.8 Å². The third kappa shape index (κ3) is 5.77. The number of alkyl halides is 3. The molecule has 1 aromatic carbocycles. The molecule has 1 atom stereocenters. The van der Waals surface area contributed by atoms with Crippen LogP contribution in [0.5, 0.6) is 0 Å². The number of aryl methyl sites for hydroxylation is 1. The van der Waals surface area contributed by atoms with Crippen LogP contribution in [0.1, 0.15) is 12.0 Å². The van der Waals surface area contributed by atoms with E-state index >= 15 is 0 Å². The molecule has 27 heavy (non-hydrogen) atoms. The van der Waals surface area contributed by atoms with Crippen LogP contribution >= 0.6 is 11.8 Å². The SMILES string of the molecule is Cc1cc(S(C)(=O)=O)ccc1SC1=C(OCC(=O)O)C=CC(C(F)(F)F)C1. The molecule has 0 heterocycles. The molecule has 0 saturated carbocycles. The van der Waals surface area contributed by atoms with E-state index in [4.69, 9.17) is 9.84 Å². The third-order valence-corrected chi connectivity index (χ3v) is 6.14. The van der Waals surface area contributed by atoms with Crippen molar-refractivity contribution >= 4 is 27.6 Å². The van der Waals surface area contributed by atoms with Gasteiger partial charge < -0.3 is 9.84 Å². The number of sulfone groups is 1. The van der Waals surface area contributed by atoms with E-state index < -0.39 is 34.5 Å². The van der Waals surface area contributed by atoms with Gasteiger partial charge in [-0.3, -0.25) is 0 Å². The van der Waals surface area contributed by atoms with Gasteiger partial charge >= 0.3 is 12.1 Å². The zero-order valence-electron chi connectivity index (χ0n) is 14.4. The molecule has 1 aliphatic carbocycles. The molecule has 1 aliphatic rings. The van der Waals surface area contributed by atoms with Crippen molar-refractivity contribution in [2.75, 3.05) is 12.9 Å². The molecule has 0 aromatic heterocycles. The highest BCUT2D eigenvalue weighted by molar-refractivity contribution is 8.03. The number of carbonyl (C=O) groups is 1. The molecule has 5 nitrogen and oxygen atoms in total. The quantitative estimate of drug-likeness (QED) is 0.748. The minimum atomic E-state index is -4.43. The second-order valence-electron chi connectivity index (χ2n) is 5.98. The van der Waals surface area contributed by atoms with Crippen molar-refractivity contribution in [3.63, 3.8) is 0 Å². The zero-order valence-corrected chi connectivity index (χ0v) is 16.0. The second kappa shape index (κ2) is 7.97. The van der Waals surface area contributed by atoms with Crippen molar-refractivity contribution in [2.45, 2.75) is 29.3 Å². The van der Waals surface area contributed by atoms with Crippen molar-refractivity contribution in [1.29, 1.82) is 0 Å². The molecule has 0 spiro atoms. The van der Waals surface area contributed by atoms with Gasteiger partial charge in [-0.2, -0.15) is 13.2 Å². The summed E-state index contributed by atoms with van der Waals surface area (Å²) in [6.45, 7) is 0.974. The number of carboxylic acids is 1. The molecule has 148 valence electrons. The smallest absolute Gasteiger partial charge is 0.395 e. The number of halogens is 3. The number of hydrogen-bond donors (Lipinski definition) is 1. The predicted octanol–water partition coefficient (Wildman–Crippen LogP) is 3.94. The number of allylic oxidation sites excluding steroid dienone is 3. The van der Waals surface area contributed by atoms with Crippen LogP contribution in [0.2, 0.25) is 0 Å². The largest absolute Gasteiger partial charge is 0.481 e. The molecule has 0 bridgehead atoms. The number of thioether (sulfide) groups is 1. The van der Waals surface area contributed by atoms with Gasteiger partial charge in [-0.15, -0.1) is 0 Å². The van der Waals surface area contributed by atoms with E-state index in [0.717, 1.165) is 30.2 Å². The van der Waals surface area contributed by atoms with E-state index in [2.05, 4.69) is 0 Å². The Morgan fingerprint density at radius 1 is 1.37 bits per heavy atom. The lowest BCUT2D eigenvalue weighted by Crippen LogP contribution is -2.23. The minimum Gasteiger partial charge on any atom is -0.481 e. The third-order valence-electron chi connectivity index (χ3n) is 3.74. The summed E-state index contributed by atoms with van der Waals surface area (Å²) < 4.78 is 67.6. The summed E-state index contributed by atoms with van der Waals surface area (Å²) in [5, 5.41) is 8.74. The zero-order chi connectivity index (χ0) is 20.4. The molecule has 1 aromatic rings. The van der Waals surface area contributed by atoms with Crippen molar-refractivity contribution in [3.8, 4) is 0 Å². The average Bonchev–Trinajstić information content (AvgIpc) is 2.53. The highest BCUT2D eigenvalue weighted by Crippen LogP contribution is 2.43. The van der Waals surface area contributed by atoms with E-state index in [1.165, 1.54) is 18.2 Å². The Kier molecular flexibility index (Phi) is 6.31. The van der Waals surface area contributed by atoms with Gasteiger partial charge in [0.15, 0.2) is 16.4 Å². The maximum Gasteiger partial charge on any atom is 0.395 e. The van der Waals surface area contributed by atoms with E-state index in [0.29, 0.717) is 10.5 Å². The van der Waals surface area contributed by atoms with E-state index in [9.17, 15) is 26.4 Å².